The molecule has 0 radical (unpaired) electrons. The molecular formula is C17H28N4O. The Labute approximate surface area is 133 Å². The first-order valence-corrected chi connectivity index (χ1v) is 8.63. The first kappa shape index (κ1) is 15.8. The highest BCUT2D eigenvalue weighted by Crippen LogP contribution is 2.14. The number of aromatic nitrogens is 2. The molecule has 3 heterocycles. The van der Waals surface area contributed by atoms with E-state index in [1.807, 2.05) is 19.3 Å². The molecule has 5 heteroatoms. The number of aryl methyl sites for hydroxylation is 1. The summed E-state index contributed by atoms with van der Waals surface area (Å²) in [6, 6.07) is 0. The summed E-state index contributed by atoms with van der Waals surface area (Å²) in [6.45, 7) is 9.40. The van der Waals surface area contributed by atoms with E-state index in [0.29, 0.717) is 6.10 Å². The molecule has 0 aromatic carbocycles. The van der Waals surface area contributed by atoms with E-state index in [4.69, 9.17) is 4.74 Å². The first-order valence-electron chi connectivity index (χ1n) is 8.63. The summed E-state index contributed by atoms with van der Waals surface area (Å²) >= 11 is 0. The highest BCUT2D eigenvalue weighted by atomic mass is 16.5. The van der Waals surface area contributed by atoms with E-state index in [1.165, 1.54) is 32.4 Å². The van der Waals surface area contributed by atoms with Crippen LogP contribution in [0.25, 0.3) is 0 Å². The Kier molecular flexibility index (Phi) is 5.76. The third-order valence-corrected chi connectivity index (χ3v) is 4.56. The van der Waals surface area contributed by atoms with E-state index >= 15 is 0 Å². The second-order valence-electron chi connectivity index (χ2n) is 6.59. The highest BCUT2D eigenvalue weighted by molar-refractivity contribution is 5.00. The lowest BCUT2D eigenvalue weighted by Crippen LogP contribution is -2.42. The Bertz CT molecular complexity index is 444. The summed E-state index contributed by atoms with van der Waals surface area (Å²) < 4.78 is 6.07. The predicted molar refractivity (Wildman–Crippen MR) is 86.7 cm³/mol. The van der Waals surface area contributed by atoms with Gasteiger partial charge in [-0.3, -0.25) is 14.9 Å². The number of piperidine rings is 1. The van der Waals surface area contributed by atoms with Crippen LogP contribution in [0, 0.1) is 6.92 Å². The topological polar surface area (TPSA) is 41.5 Å². The molecule has 2 aliphatic heterocycles. The molecule has 2 saturated heterocycles. The molecule has 1 atom stereocenters. The van der Waals surface area contributed by atoms with Crippen LogP contribution in [0.1, 0.15) is 37.1 Å². The molecule has 0 saturated carbocycles. The van der Waals surface area contributed by atoms with Gasteiger partial charge in [-0.25, -0.2) is 0 Å². The van der Waals surface area contributed by atoms with Crippen LogP contribution in [0.4, 0.5) is 0 Å². The molecule has 0 N–H and O–H groups in total. The van der Waals surface area contributed by atoms with Gasteiger partial charge in [-0.2, -0.15) is 0 Å². The average molecular weight is 304 g/mol. The minimum absolute atomic E-state index is 0.332. The van der Waals surface area contributed by atoms with Gasteiger partial charge in [0.15, 0.2) is 0 Å². The van der Waals surface area contributed by atoms with E-state index in [9.17, 15) is 0 Å². The maximum absolute atomic E-state index is 6.07. The smallest absolute Gasteiger partial charge is 0.0828 e. The summed E-state index contributed by atoms with van der Waals surface area (Å²) in [6.07, 6.45) is 9.27. The zero-order valence-corrected chi connectivity index (χ0v) is 13.7. The van der Waals surface area contributed by atoms with Crippen LogP contribution in [0.2, 0.25) is 0 Å². The molecule has 0 bridgehead atoms. The van der Waals surface area contributed by atoms with Crippen molar-refractivity contribution in [2.75, 3.05) is 39.3 Å². The molecule has 2 aliphatic rings. The summed E-state index contributed by atoms with van der Waals surface area (Å²) in [5.74, 6) is 0. The van der Waals surface area contributed by atoms with Crippen LogP contribution < -0.4 is 0 Å². The van der Waals surface area contributed by atoms with Crippen LogP contribution >= 0.6 is 0 Å². The third-order valence-electron chi connectivity index (χ3n) is 4.56. The van der Waals surface area contributed by atoms with Crippen LogP contribution in [0.5, 0.6) is 0 Å². The molecule has 1 aromatic rings. The average Bonchev–Trinajstić information content (AvgIpc) is 2.76. The van der Waals surface area contributed by atoms with Crippen LogP contribution in [-0.4, -0.2) is 65.2 Å². The van der Waals surface area contributed by atoms with E-state index in [1.54, 1.807) is 0 Å². The van der Waals surface area contributed by atoms with Crippen molar-refractivity contribution in [1.82, 2.24) is 19.8 Å². The predicted octanol–water partition coefficient (Wildman–Crippen LogP) is 1.86. The van der Waals surface area contributed by atoms with Crippen molar-refractivity contribution in [1.29, 1.82) is 0 Å². The number of likely N-dealkylation sites (tertiary alicyclic amines) is 1. The number of hydrogen-bond acceptors (Lipinski definition) is 5. The summed E-state index contributed by atoms with van der Waals surface area (Å²) in [5, 5.41) is 0. The standard InChI is InChI=1S/C17H28N4O/c1-15-10-19-16(11-18-15)12-21-8-5-9-22-17(14-21)13-20-6-3-2-4-7-20/h10-11,17H,2-9,12-14H2,1H3. The van der Waals surface area contributed by atoms with Gasteiger partial charge in [0, 0.05) is 45.2 Å². The molecule has 5 nitrogen and oxygen atoms in total. The summed E-state index contributed by atoms with van der Waals surface area (Å²) in [7, 11) is 0. The quantitative estimate of drug-likeness (QED) is 0.849. The highest BCUT2D eigenvalue weighted by Gasteiger charge is 2.22. The van der Waals surface area contributed by atoms with E-state index in [0.717, 1.165) is 50.6 Å². The molecule has 3 rings (SSSR count). The maximum atomic E-state index is 6.07. The minimum atomic E-state index is 0.332. The molecular weight excluding hydrogens is 276 g/mol. The molecule has 0 spiro atoms. The van der Waals surface area contributed by atoms with Gasteiger partial charge in [0.05, 0.1) is 17.5 Å². The molecule has 0 aliphatic carbocycles. The van der Waals surface area contributed by atoms with Crippen molar-refractivity contribution in [2.45, 2.75) is 45.3 Å². The number of nitrogens with zero attached hydrogens (tertiary/aromatic N) is 4. The number of hydrogen-bond donors (Lipinski definition) is 0. The normalized spacial score (nSPS) is 25.0. The lowest BCUT2D eigenvalue weighted by molar-refractivity contribution is 0.0215. The zero-order chi connectivity index (χ0) is 15.2. The van der Waals surface area contributed by atoms with Crippen molar-refractivity contribution in [3.63, 3.8) is 0 Å². The van der Waals surface area contributed by atoms with Crippen molar-refractivity contribution in [3.8, 4) is 0 Å². The van der Waals surface area contributed by atoms with Gasteiger partial charge in [-0.15, -0.1) is 0 Å². The first-order chi connectivity index (χ1) is 10.8. The largest absolute Gasteiger partial charge is 0.376 e. The van der Waals surface area contributed by atoms with Gasteiger partial charge in [0.25, 0.3) is 0 Å². The van der Waals surface area contributed by atoms with Gasteiger partial charge < -0.3 is 9.64 Å². The molecule has 1 unspecified atom stereocenters. The SMILES string of the molecule is Cc1cnc(CN2CCCOC(CN3CCCCC3)C2)cn1. The van der Waals surface area contributed by atoms with E-state index in [-0.39, 0.29) is 0 Å². The van der Waals surface area contributed by atoms with Gasteiger partial charge in [0.2, 0.25) is 0 Å². The van der Waals surface area contributed by atoms with Crippen molar-refractivity contribution in [3.05, 3.63) is 23.8 Å². The van der Waals surface area contributed by atoms with Crippen molar-refractivity contribution < 1.29 is 4.74 Å². The second-order valence-corrected chi connectivity index (χ2v) is 6.59. The maximum Gasteiger partial charge on any atom is 0.0828 e. The Morgan fingerprint density at radius 1 is 1.05 bits per heavy atom. The fraction of sp³-hybridized carbons (Fsp3) is 0.765. The molecule has 2 fully saturated rings. The van der Waals surface area contributed by atoms with Crippen LogP contribution in [0.15, 0.2) is 12.4 Å². The molecule has 22 heavy (non-hydrogen) atoms. The van der Waals surface area contributed by atoms with Crippen LogP contribution in [0.3, 0.4) is 0 Å². The van der Waals surface area contributed by atoms with Gasteiger partial charge in [-0.05, 0) is 39.3 Å². The lowest BCUT2D eigenvalue weighted by Gasteiger charge is -2.31. The van der Waals surface area contributed by atoms with Crippen molar-refractivity contribution in [2.24, 2.45) is 0 Å². The van der Waals surface area contributed by atoms with Crippen LogP contribution in [-0.2, 0) is 11.3 Å². The Morgan fingerprint density at radius 2 is 1.86 bits per heavy atom. The van der Waals surface area contributed by atoms with Gasteiger partial charge >= 0.3 is 0 Å². The Hall–Kier alpha value is -1.04. The lowest BCUT2D eigenvalue weighted by atomic mass is 10.1. The Morgan fingerprint density at radius 3 is 2.64 bits per heavy atom. The second kappa shape index (κ2) is 7.99. The van der Waals surface area contributed by atoms with Crippen molar-refractivity contribution >= 4 is 0 Å². The third kappa shape index (κ3) is 4.73. The van der Waals surface area contributed by atoms with E-state index < -0.39 is 0 Å². The fourth-order valence-corrected chi connectivity index (χ4v) is 3.38. The minimum Gasteiger partial charge on any atom is -0.376 e. The van der Waals surface area contributed by atoms with Gasteiger partial charge in [0.1, 0.15) is 0 Å². The van der Waals surface area contributed by atoms with Gasteiger partial charge in [-0.1, -0.05) is 6.42 Å². The monoisotopic (exact) mass is 304 g/mol. The molecule has 1 aromatic heterocycles. The molecule has 0 amide bonds. The zero-order valence-electron chi connectivity index (χ0n) is 13.7. The Balaban J connectivity index is 1.53. The summed E-state index contributed by atoms with van der Waals surface area (Å²) in [5.41, 5.74) is 2.04. The number of ether oxygens (including phenoxy) is 1. The fourth-order valence-electron chi connectivity index (χ4n) is 3.38. The van der Waals surface area contributed by atoms with E-state index in [2.05, 4.69) is 19.8 Å². The summed E-state index contributed by atoms with van der Waals surface area (Å²) in [4.78, 5) is 13.9. The molecule has 122 valence electrons. The number of rotatable bonds is 4.